The lowest BCUT2D eigenvalue weighted by Crippen LogP contribution is -2.08. The topological polar surface area (TPSA) is 57.5 Å². The van der Waals surface area contributed by atoms with Gasteiger partial charge in [-0.1, -0.05) is 11.8 Å². The zero-order valence-electron chi connectivity index (χ0n) is 8.38. The molecular formula is C11H7F3O3. The molecule has 0 bridgehead atoms. The Balaban J connectivity index is 3.34. The Labute approximate surface area is 94.5 Å². The molecule has 0 unspecified atom stereocenters. The predicted molar refractivity (Wildman–Crippen MR) is 52.4 cm³/mol. The van der Waals surface area contributed by atoms with Crippen molar-refractivity contribution in [1.82, 2.24) is 0 Å². The summed E-state index contributed by atoms with van der Waals surface area (Å²) in [5.74, 6) is 2.92. The summed E-state index contributed by atoms with van der Waals surface area (Å²) in [4.78, 5) is 10.6. The van der Waals surface area contributed by atoms with Gasteiger partial charge in [0.25, 0.3) is 0 Å². The Morgan fingerprint density at radius 3 is 2.41 bits per heavy atom. The van der Waals surface area contributed by atoms with Gasteiger partial charge in [-0.15, -0.1) is 0 Å². The lowest BCUT2D eigenvalue weighted by molar-refractivity contribution is -0.137. The molecule has 0 aliphatic carbocycles. The van der Waals surface area contributed by atoms with E-state index in [0.29, 0.717) is 6.07 Å². The second kappa shape index (κ2) is 4.89. The number of aliphatic hydroxyl groups excluding tert-OH is 1. The van der Waals surface area contributed by atoms with E-state index in [0.717, 1.165) is 12.1 Å². The normalized spacial score (nSPS) is 10.6. The van der Waals surface area contributed by atoms with Gasteiger partial charge in [0.1, 0.15) is 6.61 Å². The Morgan fingerprint density at radius 2 is 1.94 bits per heavy atom. The summed E-state index contributed by atoms with van der Waals surface area (Å²) in [6.45, 7) is -0.515. The molecule has 0 amide bonds. The molecule has 0 spiro atoms. The van der Waals surface area contributed by atoms with Crippen LogP contribution >= 0.6 is 0 Å². The van der Waals surface area contributed by atoms with Gasteiger partial charge in [-0.2, -0.15) is 13.2 Å². The molecule has 0 aliphatic rings. The number of carboxylic acid groups (broad SMARTS) is 1. The minimum Gasteiger partial charge on any atom is -0.478 e. The first-order valence-electron chi connectivity index (χ1n) is 4.40. The highest BCUT2D eigenvalue weighted by Crippen LogP contribution is 2.30. The van der Waals surface area contributed by atoms with Crippen LogP contribution in [0, 0.1) is 11.8 Å². The molecule has 3 nitrogen and oxygen atoms in total. The van der Waals surface area contributed by atoms with Crippen LogP contribution in [0.1, 0.15) is 21.5 Å². The number of aliphatic hydroxyl groups is 1. The molecule has 90 valence electrons. The largest absolute Gasteiger partial charge is 0.478 e. The lowest BCUT2D eigenvalue weighted by Gasteiger charge is -2.08. The zero-order valence-corrected chi connectivity index (χ0v) is 8.38. The molecule has 0 heterocycles. The van der Waals surface area contributed by atoms with Gasteiger partial charge in [0, 0.05) is 5.56 Å². The van der Waals surface area contributed by atoms with Crippen molar-refractivity contribution >= 4 is 5.97 Å². The SMILES string of the molecule is O=C(O)c1cc(C#CCO)cc(C(F)(F)F)c1. The number of halogens is 3. The standard InChI is InChI=1S/C11H7F3O3/c12-11(13,14)9-5-7(2-1-3-15)4-8(6-9)10(16)17/h4-6,15H,3H2,(H,16,17). The number of alkyl halides is 3. The molecule has 0 saturated heterocycles. The van der Waals surface area contributed by atoms with Crippen molar-refractivity contribution in [1.29, 1.82) is 0 Å². The van der Waals surface area contributed by atoms with Crippen LogP contribution in [-0.4, -0.2) is 22.8 Å². The van der Waals surface area contributed by atoms with Gasteiger partial charge in [-0.05, 0) is 18.2 Å². The highest BCUT2D eigenvalue weighted by molar-refractivity contribution is 5.88. The molecule has 0 saturated carbocycles. The predicted octanol–water partition coefficient (Wildman–Crippen LogP) is 1.75. The first-order valence-corrected chi connectivity index (χ1v) is 4.40. The molecule has 6 heteroatoms. The Kier molecular flexibility index (Phi) is 3.76. The minimum absolute atomic E-state index is 0.105. The summed E-state index contributed by atoms with van der Waals surface area (Å²) in [6, 6.07) is 2.28. The van der Waals surface area contributed by atoms with Gasteiger partial charge in [-0.25, -0.2) is 4.79 Å². The van der Waals surface area contributed by atoms with Crippen LogP contribution in [0.3, 0.4) is 0 Å². The Hall–Kier alpha value is -2.00. The summed E-state index contributed by atoms with van der Waals surface area (Å²) in [5.41, 5.74) is -1.69. The average Bonchev–Trinajstić information content (AvgIpc) is 2.24. The smallest absolute Gasteiger partial charge is 0.416 e. The Bertz CT molecular complexity index is 495. The number of hydrogen-bond donors (Lipinski definition) is 2. The molecule has 1 aromatic rings. The number of hydrogen-bond acceptors (Lipinski definition) is 2. The highest BCUT2D eigenvalue weighted by Gasteiger charge is 2.31. The van der Waals surface area contributed by atoms with E-state index >= 15 is 0 Å². The lowest BCUT2D eigenvalue weighted by atomic mass is 10.1. The summed E-state index contributed by atoms with van der Waals surface area (Å²) in [7, 11) is 0. The fourth-order valence-electron chi connectivity index (χ4n) is 1.13. The zero-order chi connectivity index (χ0) is 13.1. The van der Waals surface area contributed by atoms with E-state index in [-0.39, 0.29) is 5.56 Å². The van der Waals surface area contributed by atoms with E-state index in [4.69, 9.17) is 10.2 Å². The van der Waals surface area contributed by atoms with Crippen molar-refractivity contribution in [2.75, 3.05) is 6.61 Å². The third-order valence-corrected chi connectivity index (χ3v) is 1.82. The van der Waals surface area contributed by atoms with Gasteiger partial charge in [0.05, 0.1) is 11.1 Å². The molecule has 17 heavy (non-hydrogen) atoms. The molecule has 1 rings (SSSR count). The average molecular weight is 244 g/mol. The number of benzene rings is 1. The minimum atomic E-state index is -4.64. The molecule has 1 aromatic carbocycles. The number of rotatable bonds is 1. The van der Waals surface area contributed by atoms with Crippen LogP contribution in [0.2, 0.25) is 0 Å². The third-order valence-electron chi connectivity index (χ3n) is 1.82. The summed E-state index contributed by atoms with van der Waals surface area (Å²) in [5, 5.41) is 17.1. The number of aromatic carboxylic acids is 1. The van der Waals surface area contributed by atoms with Crippen molar-refractivity contribution < 1.29 is 28.2 Å². The second-order valence-electron chi connectivity index (χ2n) is 3.06. The van der Waals surface area contributed by atoms with Crippen LogP contribution in [0.25, 0.3) is 0 Å². The van der Waals surface area contributed by atoms with E-state index in [1.807, 2.05) is 0 Å². The second-order valence-corrected chi connectivity index (χ2v) is 3.06. The maximum absolute atomic E-state index is 12.4. The molecule has 0 radical (unpaired) electrons. The van der Waals surface area contributed by atoms with Gasteiger partial charge in [0.2, 0.25) is 0 Å². The Morgan fingerprint density at radius 1 is 1.29 bits per heavy atom. The summed E-state index contributed by atoms with van der Waals surface area (Å²) >= 11 is 0. The number of carboxylic acids is 1. The number of carbonyl (C=O) groups is 1. The van der Waals surface area contributed by atoms with E-state index in [1.165, 1.54) is 0 Å². The molecule has 0 atom stereocenters. The van der Waals surface area contributed by atoms with E-state index in [9.17, 15) is 18.0 Å². The maximum Gasteiger partial charge on any atom is 0.416 e. The quantitative estimate of drug-likeness (QED) is 0.740. The van der Waals surface area contributed by atoms with Gasteiger partial charge in [0.15, 0.2) is 0 Å². The van der Waals surface area contributed by atoms with Crippen LogP contribution in [0.15, 0.2) is 18.2 Å². The van der Waals surface area contributed by atoms with Crippen LogP contribution in [0.4, 0.5) is 13.2 Å². The fourth-order valence-corrected chi connectivity index (χ4v) is 1.13. The molecular weight excluding hydrogens is 237 g/mol. The molecule has 0 aliphatic heterocycles. The van der Waals surface area contributed by atoms with Crippen molar-refractivity contribution in [3.05, 3.63) is 34.9 Å². The molecule has 0 fully saturated rings. The first kappa shape index (κ1) is 13.1. The fraction of sp³-hybridized carbons (Fsp3) is 0.182. The first-order chi connectivity index (χ1) is 7.84. The van der Waals surface area contributed by atoms with Crippen molar-refractivity contribution in [3.8, 4) is 11.8 Å². The van der Waals surface area contributed by atoms with Crippen LogP contribution in [-0.2, 0) is 6.18 Å². The van der Waals surface area contributed by atoms with E-state index in [2.05, 4.69) is 11.8 Å². The van der Waals surface area contributed by atoms with Crippen molar-refractivity contribution in [3.63, 3.8) is 0 Å². The molecule has 0 aromatic heterocycles. The van der Waals surface area contributed by atoms with Crippen molar-refractivity contribution in [2.24, 2.45) is 0 Å². The van der Waals surface area contributed by atoms with Crippen LogP contribution in [0.5, 0.6) is 0 Å². The van der Waals surface area contributed by atoms with E-state index in [1.54, 1.807) is 0 Å². The van der Waals surface area contributed by atoms with Crippen molar-refractivity contribution in [2.45, 2.75) is 6.18 Å². The highest BCUT2D eigenvalue weighted by atomic mass is 19.4. The van der Waals surface area contributed by atoms with Gasteiger partial charge >= 0.3 is 12.1 Å². The van der Waals surface area contributed by atoms with Gasteiger partial charge in [-0.3, -0.25) is 0 Å². The monoisotopic (exact) mass is 244 g/mol. The van der Waals surface area contributed by atoms with E-state index < -0.39 is 29.9 Å². The summed E-state index contributed by atoms with van der Waals surface area (Å²) in [6.07, 6.45) is -4.64. The maximum atomic E-state index is 12.4. The third kappa shape index (κ3) is 3.50. The van der Waals surface area contributed by atoms with Crippen LogP contribution < -0.4 is 0 Å². The molecule has 2 N–H and O–H groups in total. The van der Waals surface area contributed by atoms with Gasteiger partial charge < -0.3 is 10.2 Å². The summed E-state index contributed by atoms with van der Waals surface area (Å²) < 4.78 is 37.3.